The van der Waals surface area contributed by atoms with Gasteiger partial charge in [0.25, 0.3) is 0 Å². The van der Waals surface area contributed by atoms with Crippen LogP contribution in [0.4, 0.5) is 0 Å². The summed E-state index contributed by atoms with van der Waals surface area (Å²) in [6, 6.07) is 0. The molecule has 8 atom stereocenters. The van der Waals surface area contributed by atoms with Crippen LogP contribution in [0.1, 0.15) is 78.6 Å². The minimum Gasteiger partial charge on any atom is -0.393 e. The van der Waals surface area contributed by atoms with Crippen LogP contribution in [0.25, 0.3) is 0 Å². The fourth-order valence-electron chi connectivity index (χ4n) is 7.90. The quantitative estimate of drug-likeness (QED) is 0.767. The Bertz CT molecular complexity index is 500. The largest absolute Gasteiger partial charge is 0.393 e. The highest BCUT2D eigenvalue weighted by molar-refractivity contribution is 5.79. The summed E-state index contributed by atoms with van der Waals surface area (Å²) in [4.78, 5) is 12.2. The normalized spacial score (nSPS) is 55.7. The second-order valence-corrected chi connectivity index (χ2v) is 9.87. The fraction of sp³-hybridized carbons (Fsp3) is 0.952. The number of ketones is 1. The first-order valence-electron chi connectivity index (χ1n) is 10.0. The lowest BCUT2D eigenvalue weighted by Gasteiger charge is -2.60. The highest BCUT2D eigenvalue weighted by Gasteiger charge is 2.60. The van der Waals surface area contributed by atoms with Gasteiger partial charge in [0, 0.05) is 5.92 Å². The summed E-state index contributed by atoms with van der Waals surface area (Å²) in [6.45, 7) is 6.80. The van der Waals surface area contributed by atoms with Gasteiger partial charge in [0.1, 0.15) is 5.78 Å². The molecule has 4 saturated carbocycles. The molecule has 130 valence electrons. The molecule has 0 radical (unpaired) electrons. The lowest BCUT2D eigenvalue weighted by Crippen LogP contribution is -2.54. The lowest BCUT2D eigenvalue weighted by molar-refractivity contribution is -0.138. The van der Waals surface area contributed by atoms with Crippen molar-refractivity contribution in [3.8, 4) is 0 Å². The summed E-state index contributed by atoms with van der Waals surface area (Å²) in [7, 11) is 0. The Labute approximate surface area is 141 Å². The summed E-state index contributed by atoms with van der Waals surface area (Å²) < 4.78 is 0. The Morgan fingerprint density at radius 2 is 1.61 bits per heavy atom. The number of hydrogen-bond donors (Lipinski definition) is 1. The molecule has 0 amide bonds. The van der Waals surface area contributed by atoms with Crippen molar-refractivity contribution >= 4 is 5.78 Å². The van der Waals surface area contributed by atoms with Crippen molar-refractivity contribution in [1.29, 1.82) is 0 Å². The second-order valence-electron chi connectivity index (χ2n) is 9.87. The summed E-state index contributed by atoms with van der Waals surface area (Å²) in [5.41, 5.74) is 0.738. The van der Waals surface area contributed by atoms with Crippen LogP contribution in [-0.2, 0) is 4.79 Å². The summed E-state index contributed by atoms with van der Waals surface area (Å²) in [6.07, 6.45) is 10.9. The van der Waals surface area contributed by atoms with Gasteiger partial charge in [-0.3, -0.25) is 4.79 Å². The van der Waals surface area contributed by atoms with Gasteiger partial charge in [-0.15, -0.1) is 0 Å². The molecule has 2 nitrogen and oxygen atoms in total. The van der Waals surface area contributed by atoms with Crippen LogP contribution in [0, 0.1) is 40.4 Å². The van der Waals surface area contributed by atoms with Gasteiger partial charge in [0.05, 0.1) is 6.10 Å². The Morgan fingerprint density at radius 1 is 0.913 bits per heavy atom. The number of aliphatic hydroxyl groups excluding tert-OH is 1. The first kappa shape index (κ1) is 16.1. The van der Waals surface area contributed by atoms with Gasteiger partial charge in [-0.2, -0.15) is 0 Å². The Morgan fingerprint density at radius 3 is 2.35 bits per heavy atom. The van der Waals surface area contributed by atoms with Crippen molar-refractivity contribution < 1.29 is 9.90 Å². The predicted octanol–water partition coefficient (Wildman–Crippen LogP) is 4.60. The predicted molar refractivity (Wildman–Crippen MR) is 91.9 cm³/mol. The molecule has 1 N–H and O–H groups in total. The second kappa shape index (κ2) is 5.31. The Hall–Kier alpha value is -0.370. The SMILES string of the molecule is CC(=O)[C@H]1CCC2C3CC[C@@H]4CC(O)CC[C@]4(C)C3CC[C@@]21C. The maximum atomic E-state index is 12.2. The molecule has 0 heterocycles. The molecule has 23 heavy (non-hydrogen) atoms. The number of carbonyl (C=O) groups excluding carboxylic acids is 1. The molecular weight excluding hydrogens is 284 g/mol. The molecule has 4 rings (SSSR count). The number of fused-ring (bicyclic) bond motifs is 5. The van der Waals surface area contributed by atoms with E-state index in [0.29, 0.717) is 17.1 Å². The monoisotopic (exact) mass is 318 g/mol. The van der Waals surface area contributed by atoms with Crippen molar-refractivity contribution in [2.45, 2.75) is 84.7 Å². The smallest absolute Gasteiger partial charge is 0.133 e. The third kappa shape index (κ3) is 2.19. The van der Waals surface area contributed by atoms with Crippen molar-refractivity contribution in [2.75, 3.05) is 0 Å². The van der Waals surface area contributed by atoms with E-state index in [0.717, 1.165) is 42.9 Å². The molecule has 0 aromatic carbocycles. The van der Waals surface area contributed by atoms with Crippen molar-refractivity contribution in [3.05, 3.63) is 0 Å². The van der Waals surface area contributed by atoms with Crippen molar-refractivity contribution in [2.24, 2.45) is 40.4 Å². The molecule has 0 bridgehead atoms. The Balaban J connectivity index is 1.61. The number of hydrogen-bond acceptors (Lipinski definition) is 2. The van der Waals surface area contributed by atoms with E-state index in [-0.39, 0.29) is 11.5 Å². The van der Waals surface area contributed by atoms with Gasteiger partial charge < -0.3 is 5.11 Å². The van der Waals surface area contributed by atoms with Gasteiger partial charge in [0.2, 0.25) is 0 Å². The maximum Gasteiger partial charge on any atom is 0.133 e. The molecule has 4 aliphatic carbocycles. The van der Waals surface area contributed by atoms with E-state index in [4.69, 9.17) is 0 Å². The average Bonchev–Trinajstić information content (AvgIpc) is 2.85. The topological polar surface area (TPSA) is 37.3 Å². The van der Waals surface area contributed by atoms with E-state index in [2.05, 4.69) is 13.8 Å². The highest BCUT2D eigenvalue weighted by atomic mass is 16.3. The van der Waals surface area contributed by atoms with Crippen LogP contribution in [0.3, 0.4) is 0 Å². The zero-order valence-electron chi connectivity index (χ0n) is 15.2. The first-order valence-corrected chi connectivity index (χ1v) is 10.0. The lowest BCUT2D eigenvalue weighted by atomic mass is 9.44. The maximum absolute atomic E-state index is 12.2. The summed E-state index contributed by atoms with van der Waals surface area (Å²) in [5.74, 6) is 3.97. The van der Waals surface area contributed by atoms with Crippen LogP contribution in [-0.4, -0.2) is 17.0 Å². The molecule has 0 spiro atoms. The van der Waals surface area contributed by atoms with E-state index >= 15 is 0 Å². The molecule has 4 unspecified atom stereocenters. The van der Waals surface area contributed by atoms with Gasteiger partial charge in [-0.05, 0) is 99.2 Å². The first-order chi connectivity index (χ1) is 10.9. The molecule has 4 fully saturated rings. The van der Waals surface area contributed by atoms with Crippen LogP contribution in [0.15, 0.2) is 0 Å². The molecule has 0 saturated heterocycles. The van der Waals surface area contributed by atoms with E-state index in [9.17, 15) is 9.90 Å². The summed E-state index contributed by atoms with van der Waals surface area (Å²) >= 11 is 0. The van der Waals surface area contributed by atoms with Gasteiger partial charge in [-0.1, -0.05) is 13.8 Å². The van der Waals surface area contributed by atoms with Crippen LogP contribution < -0.4 is 0 Å². The fourth-order valence-corrected chi connectivity index (χ4v) is 7.90. The number of rotatable bonds is 1. The van der Waals surface area contributed by atoms with Crippen molar-refractivity contribution in [1.82, 2.24) is 0 Å². The van der Waals surface area contributed by atoms with Crippen LogP contribution in [0.2, 0.25) is 0 Å². The third-order valence-electron chi connectivity index (χ3n) is 9.13. The van der Waals surface area contributed by atoms with Gasteiger partial charge >= 0.3 is 0 Å². The van der Waals surface area contributed by atoms with Gasteiger partial charge in [0.15, 0.2) is 0 Å². The zero-order valence-corrected chi connectivity index (χ0v) is 15.2. The van der Waals surface area contributed by atoms with E-state index < -0.39 is 0 Å². The third-order valence-corrected chi connectivity index (χ3v) is 9.13. The number of aliphatic hydroxyl groups is 1. The Kier molecular flexibility index (Phi) is 3.72. The van der Waals surface area contributed by atoms with Crippen molar-refractivity contribution in [3.63, 3.8) is 0 Å². The minimum atomic E-state index is -0.0490. The summed E-state index contributed by atoms with van der Waals surface area (Å²) in [5, 5.41) is 10.1. The molecular formula is C21H34O2. The molecule has 0 aromatic heterocycles. The number of Topliss-reactive ketones (excluding diaryl/α,β-unsaturated/α-hetero) is 1. The molecule has 0 aromatic rings. The average molecular weight is 319 g/mol. The molecule has 4 aliphatic rings. The highest BCUT2D eigenvalue weighted by Crippen LogP contribution is 2.67. The number of carbonyl (C=O) groups is 1. The van der Waals surface area contributed by atoms with Crippen LogP contribution in [0.5, 0.6) is 0 Å². The van der Waals surface area contributed by atoms with E-state index in [1.807, 2.05) is 6.92 Å². The van der Waals surface area contributed by atoms with E-state index in [1.54, 1.807) is 0 Å². The molecule has 0 aliphatic heterocycles. The zero-order chi connectivity index (χ0) is 16.4. The van der Waals surface area contributed by atoms with Gasteiger partial charge in [-0.25, -0.2) is 0 Å². The van der Waals surface area contributed by atoms with E-state index in [1.165, 1.54) is 38.5 Å². The van der Waals surface area contributed by atoms with Crippen LogP contribution >= 0.6 is 0 Å². The minimum absolute atomic E-state index is 0.0490. The molecule has 2 heteroatoms. The standard InChI is InChI=1S/C21H34O2/c1-13(22)17-6-7-18-16-5-4-14-12-15(23)8-10-20(14,2)19(16)9-11-21(17,18)3/h14-19,23H,4-12H2,1-3H3/t14-,15?,16?,17-,18?,19?,20+,21-/m1/s1.